The number of hydrogen-bond donors (Lipinski definition) is 0. The number of esters is 3. The number of ether oxygens (including phenoxy) is 4. The largest absolute Gasteiger partial charge is 0.456 e. The van der Waals surface area contributed by atoms with Gasteiger partial charge in [0.2, 0.25) is 0 Å². The fraction of sp³-hybridized carbons (Fsp3) is 0.727. The molecule has 0 N–H and O–H groups in total. The molecule has 0 spiro atoms. The van der Waals surface area contributed by atoms with E-state index in [9.17, 15) is 14.4 Å². The molecular weight excluding hydrogens is 280 g/mol. The summed E-state index contributed by atoms with van der Waals surface area (Å²) in [6.07, 6.45) is -2.91. The molecule has 0 radical (unpaired) electrons. The van der Waals surface area contributed by atoms with E-state index in [0.29, 0.717) is 0 Å². The van der Waals surface area contributed by atoms with Gasteiger partial charge in [-0.1, -0.05) is 11.6 Å². The maximum atomic E-state index is 11.1. The molecule has 1 aliphatic heterocycles. The van der Waals surface area contributed by atoms with Gasteiger partial charge in [0.15, 0.2) is 23.9 Å². The molecule has 8 heteroatoms. The lowest BCUT2D eigenvalue weighted by Crippen LogP contribution is -2.55. The summed E-state index contributed by atoms with van der Waals surface area (Å²) in [5, 5.41) is 0. The molecular formula is C11H15ClO7. The molecule has 19 heavy (non-hydrogen) atoms. The molecule has 1 saturated heterocycles. The Morgan fingerprint density at radius 2 is 1.42 bits per heavy atom. The molecule has 0 unspecified atom stereocenters. The van der Waals surface area contributed by atoms with Crippen LogP contribution in [0.1, 0.15) is 20.8 Å². The first kappa shape index (κ1) is 15.7. The SMILES string of the molecule is CC(=O)O[C@H]1[C@H](OC(C)=O)[C@H](OC(C)=O)CO[C@H]1Cl. The van der Waals surface area contributed by atoms with Crippen molar-refractivity contribution in [2.45, 2.75) is 44.6 Å². The zero-order valence-electron chi connectivity index (χ0n) is 10.8. The van der Waals surface area contributed by atoms with Crippen molar-refractivity contribution in [3.05, 3.63) is 0 Å². The quantitative estimate of drug-likeness (QED) is 0.422. The van der Waals surface area contributed by atoms with Gasteiger partial charge in [-0.25, -0.2) is 0 Å². The standard InChI is InChI=1S/C11H15ClO7/c1-5(13)17-8-4-16-11(12)10(19-7(3)15)9(8)18-6(2)14/h8-11H,4H2,1-3H3/t8-,9-,10+,11-/m1/s1. The molecule has 0 amide bonds. The third-order valence-electron chi connectivity index (χ3n) is 2.29. The first-order chi connectivity index (χ1) is 8.81. The van der Waals surface area contributed by atoms with Gasteiger partial charge in [-0.15, -0.1) is 0 Å². The van der Waals surface area contributed by atoms with Gasteiger partial charge in [0.25, 0.3) is 0 Å². The second kappa shape index (κ2) is 6.72. The fourth-order valence-electron chi connectivity index (χ4n) is 1.70. The predicted octanol–water partition coefficient (Wildman–Crippen LogP) is 0.377. The number of hydrogen-bond acceptors (Lipinski definition) is 7. The number of halogens is 1. The zero-order chi connectivity index (χ0) is 14.6. The highest BCUT2D eigenvalue weighted by atomic mass is 35.5. The normalized spacial score (nSPS) is 30.3. The van der Waals surface area contributed by atoms with E-state index in [0.717, 1.165) is 0 Å². The zero-order valence-corrected chi connectivity index (χ0v) is 11.5. The maximum Gasteiger partial charge on any atom is 0.303 e. The van der Waals surface area contributed by atoms with E-state index in [4.69, 9.17) is 30.5 Å². The van der Waals surface area contributed by atoms with E-state index in [-0.39, 0.29) is 6.61 Å². The van der Waals surface area contributed by atoms with Crippen LogP contribution in [0, 0.1) is 0 Å². The van der Waals surface area contributed by atoms with Crippen LogP contribution in [0.5, 0.6) is 0 Å². The minimum atomic E-state index is -1.04. The van der Waals surface area contributed by atoms with Crippen molar-refractivity contribution in [2.24, 2.45) is 0 Å². The first-order valence-corrected chi connectivity index (χ1v) is 6.02. The van der Waals surface area contributed by atoms with Gasteiger partial charge in [-0.2, -0.15) is 0 Å². The van der Waals surface area contributed by atoms with Crippen molar-refractivity contribution in [1.29, 1.82) is 0 Å². The van der Waals surface area contributed by atoms with Crippen molar-refractivity contribution in [1.82, 2.24) is 0 Å². The molecule has 108 valence electrons. The second-order valence-corrected chi connectivity index (χ2v) is 4.41. The Bertz CT molecular complexity index is 370. The summed E-state index contributed by atoms with van der Waals surface area (Å²) in [7, 11) is 0. The van der Waals surface area contributed by atoms with Crippen LogP contribution in [-0.2, 0) is 33.3 Å². The van der Waals surface area contributed by atoms with Gasteiger partial charge in [0.05, 0.1) is 6.61 Å². The Morgan fingerprint density at radius 1 is 0.947 bits per heavy atom. The van der Waals surface area contributed by atoms with E-state index in [2.05, 4.69) is 0 Å². The molecule has 0 aliphatic carbocycles. The Balaban J connectivity index is 2.89. The van der Waals surface area contributed by atoms with Crippen molar-refractivity contribution in [3.8, 4) is 0 Å². The van der Waals surface area contributed by atoms with E-state index in [1.165, 1.54) is 20.8 Å². The van der Waals surface area contributed by atoms with Crippen LogP contribution in [0.15, 0.2) is 0 Å². The van der Waals surface area contributed by atoms with Crippen LogP contribution in [0.3, 0.4) is 0 Å². The van der Waals surface area contributed by atoms with Crippen molar-refractivity contribution in [3.63, 3.8) is 0 Å². The maximum absolute atomic E-state index is 11.1. The number of carbonyl (C=O) groups excluding carboxylic acids is 3. The summed E-state index contributed by atoms with van der Waals surface area (Å²) >= 11 is 5.88. The lowest BCUT2D eigenvalue weighted by Gasteiger charge is -2.38. The summed E-state index contributed by atoms with van der Waals surface area (Å²) < 4.78 is 20.1. The highest BCUT2D eigenvalue weighted by Gasteiger charge is 2.46. The summed E-state index contributed by atoms with van der Waals surface area (Å²) in [5.41, 5.74) is -0.986. The molecule has 0 aromatic rings. The first-order valence-electron chi connectivity index (χ1n) is 5.58. The van der Waals surface area contributed by atoms with E-state index >= 15 is 0 Å². The molecule has 0 saturated carbocycles. The molecule has 4 atom stereocenters. The lowest BCUT2D eigenvalue weighted by atomic mass is 10.1. The van der Waals surface area contributed by atoms with Gasteiger partial charge in [-0.05, 0) is 0 Å². The highest BCUT2D eigenvalue weighted by Crippen LogP contribution is 2.26. The van der Waals surface area contributed by atoms with Crippen LogP contribution in [-0.4, -0.2) is 48.4 Å². The van der Waals surface area contributed by atoms with E-state index in [1.54, 1.807) is 0 Å². The number of carbonyl (C=O) groups is 3. The molecule has 1 aliphatic rings. The third kappa shape index (κ3) is 4.68. The molecule has 0 bridgehead atoms. The Hall–Kier alpha value is -1.34. The van der Waals surface area contributed by atoms with Crippen molar-refractivity contribution in [2.75, 3.05) is 6.61 Å². The van der Waals surface area contributed by atoms with Crippen LogP contribution in [0.2, 0.25) is 0 Å². The molecule has 1 rings (SSSR count). The van der Waals surface area contributed by atoms with Crippen LogP contribution in [0.4, 0.5) is 0 Å². The topological polar surface area (TPSA) is 88.1 Å². The molecule has 7 nitrogen and oxygen atoms in total. The second-order valence-electron chi connectivity index (χ2n) is 3.98. The monoisotopic (exact) mass is 294 g/mol. The molecule has 0 aromatic heterocycles. The lowest BCUT2D eigenvalue weighted by molar-refractivity contribution is -0.214. The van der Waals surface area contributed by atoms with Gasteiger partial charge in [-0.3, -0.25) is 14.4 Å². The summed E-state index contributed by atoms with van der Waals surface area (Å²) in [6.45, 7) is 3.53. The van der Waals surface area contributed by atoms with Gasteiger partial charge < -0.3 is 18.9 Å². The Morgan fingerprint density at radius 3 is 1.89 bits per heavy atom. The van der Waals surface area contributed by atoms with Gasteiger partial charge in [0.1, 0.15) is 0 Å². The minimum absolute atomic E-state index is 0.0521. The van der Waals surface area contributed by atoms with Gasteiger partial charge >= 0.3 is 17.9 Å². The van der Waals surface area contributed by atoms with E-state index < -0.39 is 41.8 Å². The van der Waals surface area contributed by atoms with Crippen LogP contribution in [0.25, 0.3) is 0 Å². The van der Waals surface area contributed by atoms with Crippen LogP contribution >= 0.6 is 11.6 Å². The molecule has 1 heterocycles. The Labute approximate surface area is 115 Å². The minimum Gasteiger partial charge on any atom is -0.456 e. The number of alkyl halides is 1. The Kier molecular flexibility index (Phi) is 5.56. The van der Waals surface area contributed by atoms with Crippen molar-refractivity contribution >= 4 is 29.5 Å². The number of rotatable bonds is 3. The highest BCUT2D eigenvalue weighted by molar-refractivity contribution is 6.20. The van der Waals surface area contributed by atoms with Gasteiger partial charge in [0, 0.05) is 20.8 Å². The van der Waals surface area contributed by atoms with E-state index in [1.807, 2.05) is 0 Å². The van der Waals surface area contributed by atoms with Crippen LogP contribution < -0.4 is 0 Å². The average molecular weight is 295 g/mol. The fourth-order valence-corrected chi connectivity index (χ4v) is 1.97. The molecule has 0 aromatic carbocycles. The summed E-state index contributed by atoms with van der Waals surface area (Å²) in [4.78, 5) is 33.1. The summed E-state index contributed by atoms with van der Waals surface area (Å²) in [5.74, 6) is -1.79. The van der Waals surface area contributed by atoms with Crippen molar-refractivity contribution < 1.29 is 33.3 Å². The molecule has 1 fully saturated rings. The third-order valence-corrected chi connectivity index (χ3v) is 2.66. The average Bonchev–Trinajstić information content (AvgIpc) is 2.25. The summed E-state index contributed by atoms with van der Waals surface area (Å²) in [6, 6.07) is 0. The predicted molar refractivity (Wildman–Crippen MR) is 62.3 cm³/mol. The smallest absolute Gasteiger partial charge is 0.303 e.